The molecular formula is C32H24N2O6. The van der Waals surface area contributed by atoms with E-state index in [0.717, 1.165) is 11.4 Å². The number of aromatic hydroxyl groups is 1. The Morgan fingerprint density at radius 3 is 2.27 bits per heavy atom. The maximum Gasteiger partial charge on any atom is 0.294 e. The first-order valence-corrected chi connectivity index (χ1v) is 12.5. The smallest absolute Gasteiger partial charge is 0.294 e. The Labute approximate surface area is 229 Å². The molecule has 0 radical (unpaired) electrons. The number of nitrogens with zero attached hydrogens (tertiary/aromatic N) is 1. The molecule has 198 valence electrons. The van der Waals surface area contributed by atoms with E-state index in [1.54, 1.807) is 48.5 Å². The van der Waals surface area contributed by atoms with Gasteiger partial charge in [-0.3, -0.25) is 14.5 Å². The van der Waals surface area contributed by atoms with E-state index < -0.39 is 23.5 Å². The number of aliphatic hydroxyl groups excluding tert-OH is 1. The van der Waals surface area contributed by atoms with Crippen LogP contribution < -0.4 is 15.0 Å². The minimum Gasteiger partial charge on any atom is -0.508 e. The predicted octanol–water partition coefficient (Wildman–Crippen LogP) is 6.67. The highest BCUT2D eigenvalue weighted by Gasteiger charge is 2.45. The van der Waals surface area contributed by atoms with Crippen molar-refractivity contribution >= 4 is 39.7 Å². The van der Waals surface area contributed by atoms with E-state index in [1.807, 2.05) is 42.5 Å². The summed E-state index contributed by atoms with van der Waals surface area (Å²) in [4.78, 5) is 28.7. The average Bonchev–Trinajstić information content (AvgIpc) is 3.53. The second-order valence-electron chi connectivity index (χ2n) is 9.29. The van der Waals surface area contributed by atoms with Crippen LogP contribution >= 0.6 is 0 Å². The first-order chi connectivity index (χ1) is 19.4. The van der Waals surface area contributed by atoms with Gasteiger partial charge in [-0.2, -0.15) is 0 Å². The standard InChI is InChI=1S/C32H24N2O6/c1-39-25-9-5-6-20-18-26(40-31(20)25)29(36)27-28(19-10-16-24(35)17-11-19)34(32(38)30(27)37)23-14-12-22(13-15-23)33-21-7-3-2-4-8-21/h2-18,28,33,35,37H,1H3. The number of hydrogen-bond donors (Lipinski definition) is 3. The zero-order valence-corrected chi connectivity index (χ0v) is 21.4. The van der Waals surface area contributed by atoms with Crippen LogP contribution in [0.25, 0.3) is 11.0 Å². The fourth-order valence-electron chi connectivity index (χ4n) is 4.91. The molecular weight excluding hydrogens is 508 g/mol. The Balaban J connectivity index is 1.40. The van der Waals surface area contributed by atoms with Crippen molar-refractivity contribution in [2.45, 2.75) is 6.04 Å². The molecule has 0 saturated carbocycles. The van der Waals surface area contributed by atoms with Crippen molar-refractivity contribution in [3.05, 3.63) is 126 Å². The summed E-state index contributed by atoms with van der Waals surface area (Å²) in [7, 11) is 1.50. The molecule has 1 unspecified atom stereocenters. The highest BCUT2D eigenvalue weighted by Crippen LogP contribution is 2.43. The predicted molar refractivity (Wildman–Crippen MR) is 151 cm³/mol. The van der Waals surface area contributed by atoms with Crippen molar-refractivity contribution in [1.29, 1.82) is 0 Å². The molecule has 8 heteroatoms. The number of carbonyl (C=O) groups excluding carboxylic acids is 2. The number of ketones is 1. The molecule has 0 saturated heterocycles. The fraction of sp³-hybridized carbons (Fsp3) is 0.0625. The van der Waals surface area contributed by atoms with E-state index >= 15 is 0 Å². The van der Waals surface area contributed by atoms with E-state index in [2.05, 4.69) is 5.32 Å². The molecule has 40 heavy (non-hydrogen) atoms. The van der Waals surface area contributed by atoms with E-state index in [-0.39, 0.29) is 17.1 Å². The highest BCUT2D eigenvalue weighted by molar-refractivity contribution is 6.20. The molecule has 3 N–H and O–H groups in total. The van der Waals surface area contributed by atoms with Gasteiger partial charge >= 0.3 is 0 Å². The summed E-state index contributed by atoms with van der Waals surface area (Å²) < 4.78 is 11.2. The lowest BCUT2D eigenvalue weighted by Gasteiger charge is -2.27. The number of ether oxygens (including phenoxy) is 1. The van der Waals surface area contributed by atoms with Crippen molar-refractivity contribution in [3.8, 4) is 11.5 Å². The van der Waals surface area contributed by atoms with Gasteiger partial charge in [0.25, 0.3) is 5.91 Å². The Kier molecular flexibility index (Phi) is 6.20. The minimum absolute atomic E-state index is 0.0291. The van der Waals surface area contributed by atoms with E-state index in [0.29, 0.717) is 28.0 Å². The monoisotopic (exact) mass is 532 g/mol. The Hall–Kier alpha value is -5.50. The van der Waals surface area contributed by atoms with Crippen LogP contribution in [-0.2, 0) is 4.79 Å². The highest BCUT2D eigenvalue weighted by atomic mass is 16.5. The largest absolute Gasteiger partial charge is 0.508 e. The van der Waals surface area contributed by atoms with Gasteiger partial charge < -0.3 is 24.7 Å². The number of phenols is 1. The van der Waals surface area contributed by atoms with E-state index in [9.17, 15) is 19.8 Å². The Bertz CT molecular complexity index is 1760. The topological polar surface area (TPSA) is 112 Å². The van der Waals surface area contributed by atoms with Gasteiger partial charge in [-0.15, -0.1) is 0 Å². The fourth-order valence-corrected chi connectivity index (χ4v) is 4.91. The average molecular weight is 533 g/mol. The minimum atomic E-state index is -0.969. The van der Waals surface area contributed by atoms with Gasteiger partial charge in [-0.25, -0.2) is 0 Å². The summed E-state index contributed by atoms with van der Waals surface area (Å²) in [6.07, 6.45) is 0. The van der Waals surface area contributed by atoms with Crippen LogP contribution in [0.2, 0.25) is 0 Å². The first-order valence-electron chi connectivity index (χ1n) is 12.5. The van der Waals surface area contributed by atoms with Crippen molar-refractivity contribution < 1.29 is 29.0 Å². The molecule has 1 aliphatic rings. The number of benzene rings is 4. The van der Waals surface area contributed by atoms with Gasteiger partial charge in [-0.05, 0) is 66.2 Å². The molecule has 0 fully saturated rings. The molecule has 0 spiro atoms. The zero-order valence-electron chi connectivity index (χ0n) is 21.4. The lowest BCUT2D eigenvalue weighted by Crippen LogP contribution is -2.31. The molecule has 1 aromatic heterocycles. The van der Waals surface area contributed by atoms with Gasteiger partial charge in [0.05, 0.1) is 18.7 Å². The number of carbonyl (C=O) groups is 2. The maximum atomic E-state index is 13.9. The van der Waals surface area contributed by atoms with Crippen LogP contribution in [0.5, 0.6) is 11.5 Å². The molecule has 0 bridgehead atoms. The number of aliphatic hydroxyl groups is 1. The number of anilines is 3. The molecule has 5 aromatic rings. The summed E-state index contributed by atoms with van der Waals surface area (Å²) >= 11 is 0. The molecule has 8 nitrogen and oxygen atoms in total. The normalized spacial score (nSPS) is 15.1. The third kappa shape index (κ3) is 4.31. The number of para-hydroxylation sites is 2. The lowest BCUT2D eigenvalue weighted by molar-refractivity contribution is -0.117. The summed E-state index contributed by atoms with van der Waals surface area (Å²) in [6, 6.07) is 28.8. The van der Waals surface area contributed by atoms with Crippen LogP contribution in [0.4, 0.5) is 17.1 Å². The Morgan fingerprint density at radius 2 is 1.57 bits per heavy atom. The number of amides is 1. The van der Waals surface area contributed by atoms with Crippen molar-refractivity contribution in [2.75, 3.05) is 17.3 Å². The second kappa shape index (κ2) is 9.99. The number of Topliss-reactive ketones (excluding diaryl/α,β-unsaturated/α-hetero) is 1. The number of furan rings is 1. The van der Waals surface area contributed by atoms with Crippen LogP contribution in [0, 0.1) is 0 Å². The van der Waals surface area contributed by atoms with E-state index in [4.69, 9.17) is 9.15 Å². The maximum absolute atomic E-state index is 13.9. The SMILES string of the molecule is COc1cccc2cc(C(=O)C3=C(O)C(=O)N(c4ccc(Nc5ccccc5)cc4)C3c3ccc(O)cc3)oc12. The molecule has 2 heterocycles. The van der Waals surface area contributed by atoms with Crippen LogP contribution in [-0.4, -0.2) is 29.0 Å². The molecule has 6 rings (SSSR count). The lowest BCUT2D eigenvalue weighted by atomic mass is 9.94. The van der Waals surface area contributed by atoms with Gasteiger partial charge in [0.1, 0.15) is 5.75 Å². The summed E-state index contributed by atoms with van der Waals surface area (Å²) in [6.45, 7) is 0. The van der Waals surface area contributed by atoms with Crippen LogP contribution in [0.3, 0.4) is 0 Å². The van der Waals surface area contributed by atoms with Crippen molar-refractivity contribution in [3.63, 3.8) is 0 Å². The number of nitrogens with one attached hydrogen (secondary N) is 1. The molecule has 1 aliphatic heterocycles. The van der Waals surface area contributed by atoms with Gasteiger partial charge in [0.15, 0.2) is 22.9 Å². The third-order valence-electron chi connectivity index (χ3n) is 6.82. The molecule has 4 aromatic carbocycles. The van der Waals surface area contributed by atoms with Crippen LogP contribution in [0.1, 0.15) is 22.2 Å². The first kappa shape index (κ1) is 24.8. The number of rotatable bonds is 7. The second-order valence-corrected chi connectivity index (χ2v) is 9.29. The number of methoxy groups -OCH3 is 1. The van der Waals surface area contributed by atoms with Gasteiger partial charge in [-0.1, -0.05) is 42.5 Å². The molecule has 0 aliphatic carbocycles. The summed E-state index contributed by atoms with van der Waals surface area (Å²) in [5, 5.41) is 24.9. The van der Waals surface area contributed by atoms with E-state index in [1.165, 1.54) is 24.1 Å². The Morgan fingerprint density at radius 1 is 0.875 bits per heavy atom. The van der Waals surface area contributed by atoms with Crippen LogP contribution in [0.15, 0.2) is 119 Å². The summed E-state index contributed by atoms with van der Waals surface area (Å²) in [5.74, 6) is -1.57. The number of fused-ring (bicyclic) bond motifs is 1. The van der Waals surface area contributed by atoms with Gasteiger partial charge in [0, 0.05) is 22.4 Å². The third-order valence-corrected chi connectivity index (χ3v) is 6.82. The quantitative estimate of drug-likeness (QED) is 0.201. The van der Waals surface area contributed by atoms with Gasteiger partial charge in [0.2, 0.25) is 5.78 Å². The van der Waals surface area contributed by atoms with Crippen molar-refractivity contribution in [1.82, 2.24) is 0 Å². The number of phenolic OH excluding ortho intramolecular Hbond substituents is 1. The number of hydrogen-bond acceptors (Lipinski definition) is 7. The zero-order chi connectivity index (χ0) is 27.8. The molecule has 1 amide bonds. The molecule has 1 atom stereocenters. The summed E-state index contributed by atoms with van der Waals surface area (Å²) in [5.41, 5.74) is 2.97. The van der Waals surface area contributed by atoms with Crippen molar-refractivity contribution in [2.24, 2.45) is 0 Å².